The third kappa shape index (κ3) is 27.7. The average molecular weight is 150 g/mol. The molecule has 0 aromatic heterocycles. The lowest BCUT2D eigenvalue weighted by Crippen LogP contribution is -1.48. The molecule has 0 spiro atoms. The molecule has 11 heavy (non-hydrogen) atoms. The van der Waals surface area contributed by atoms with Gasteiger partial charge in [-0.05, 0) is 20.3 Å². The molecule has 0 heterocycles. The Labute approximate surface area is 70.6 Å². The van der Waals surface area contributed by atoms with Crippen molar-refractivity contribution in [1.29, 1.82) is 0 Å². The van der Waals surface area contributed by atoms with Gasteiger partial charge < -0.3 is 0 Å². The molecule has 0 aliphatic rings. The van der Waals surface area contributed by atoms with Gasteiger partial charge >= 0.3 is 0 Å². The molecule has 62 valence electrons. The van der Waals surface area contributed by atoms with E-state index in [-0.39, 0.29) is 0 Å². The van der Waals surface area contributed by atoms with Crippen molar-refractivity contribution in [3.05, 3.63) is 49.6 Å². The van der Waals surface area contributed by atoms with Crippen LogP contribution in [0, 0.1) is 0 Å². The van der Waals surface area contributed by atoms with Crippen LogP contribution < -0.4 is 0 Å². The summed E-state index contributed by atoms with van der Waals surface area (Å²) in [6.45, 7) is 11.0. The molecule has 0 atom stereocenters. The average Bonchev–Trinajstić information content (AvgIpc) is 2.04. The van der Waals surface area contributed by atoms with E-state index in [0.29, 0.717) is 0 Å². The van der Waals surface area contributed by atoms with Crippen LogP contribution in [0.25, 0.3) is 0 Å². The van der Waals surface area contributed by atoms with E-state index in [1.807, 2.05) is 38.2 Å². The number of rotatable bonds is 3. The fraction of sp³-hybridized carbons (Fsp3) is 0.273. The highest BCUT2D eigenvalue weighted by Gasteiger charge is 1.57. The minimum absolute atomic E-state index is 0.997. The van der Waals surface area contributed by atoms with Gasteiger partial charge in [-0.3, -0.25) is 0 Å². The molecule has 0 unspecified atom stereocenters. The molecule has 0 aromatic carbocycles. The predicted molar refractivity (Wildman–Crippen MR) is 54.6 cm³/mol. The van der Waals surface area contributed by atoms with E-state index >= 15 is 0 Å². The van der Waals surface area contributed by atoms with Gasteiger partial charge in [0.05, 0.1) is 0 Å². The summed E-state index contributed by atoms with van der Waals surface area (Å²) in [6.07, 6.45) is 12.5. The van der Waals surface area contributed by atoms with Crippen LogP contribution in [0.1, 0.15) is 20.3 Å². The fourth-order valence-electron chi connectivity index (χ4n) is 0.368. The Morgan fingerprint density at radius 2 is 1.73 bits per heavy atom. The van der Waals surface area contributed by atoms with E-state index in [9.17, 15) is 0 Å². The van der Waals surface area contributed by atoms with E-state index in [1.54, 1.807) is 6.08 Å². The van der Waals surface area contributed by atoms with Crippen molar-refractivity contribution in [2.24, 2.45) is 0 Å². The summed E-state index contributed by atoms with van der Waals surface area (Å²) in [5.74, 6) is 0. The molecule has 0 aliphatic carbocycles. The first kappa shape index (κ1) is 12.6. The molecule has 0 aliphatic heterocycles. The molecule has 0 radical (unpaired) electrons. The van der Waals surface area contributed by atoms with Crippen molar-refractivity contribution >= 4 is 0 Å². The number of hydrogen-bond donors (Lipinski definition) is 0. The molecule has 0 saturated heterocycles. The lowest BCUT2D eigenvalue weighted by Gasteiger charge is -1.69. The van der Waals surface area contributed by atoms with Gasteiger partial charge in [0.15, 0.2) is 0 Å². The lowest BCUT2D eigenvalue weighted by atomic mass is 10.4. The second-order valence-electron chi connectivity index (χ2n) is 1.85. The molecule has 0 amide bonds. The third-order valence-corrected chi connectivity index (χ3v) is 0.867. The maximum atomic E-state index is 3.55. The molecule has 0 saturated carbocycles. The van der Waals surface area contributed by atoms with E-state index in [1.165, 1.54) is 0 Å². The monoisotopic (exact) mass is 150 g/mol. The van der Waals surface area contributed by atoms with Crippen LogP contribution in [0.15, 0.2) is 49.6 Å². The molecule has 0 aromatic rings. The topological polar surface area (TPSA) is 0 Å². The SMILES string of the molecule is C=C/C=C/C.C=CC/C=C/C. The first-order valence-electron chi connectivity index (χ1n) is 3.79. The van der Waals surface area contributed by atoms with Crippen LogP contribution in [-0.2, 0) is 0 Å². The highest BCUT2D eigenvalue weighted by atomic mass is 13.6. The van der Waals surface area contributed by atoms with Gasteiger partial charge in [0.1, 0.15) is 0 Å². The van der Waals surface area contributed by atoms with Crippen LogP contribution in [0.3, 0.4) is 0 Å². The highest BCUT2D eigenvalue weighted by Crippen LogP contribution is 1.78. The number of allylic oxidation sites excluding steroid dienone is 6. The van der Waals surface area contributed by atoms with Gasteiger partial charge in [0, 0.05) is 0 Å². The first-order valence-corrected chi connectivity index (χ1v) is 3.79. The Morgan fingerprint density at radius 1 is 1.09 bits per heavy atom. The summed E-state index contributed by atoms with van der Waals surface area (Å²) in [5.41, 5.74) is 0. The smallest absolute Gasteiger partial charge is 0.0172 e. The minimum Gasteiger partial charge on any atom is -0.103 e. The zero-order valence-corrected chi connectivity index (χ0v) is 7.59. The largest absolute Gasteiger partial charge is 0.103 e. The number of hydrogen-bond acceptors (Lipinski definition) is 0. The summed E-state index contributed by atoms with van der Waals surface area (Å²) in [7, 11) is 0. The summed E-state index contributed by atoms with van der Waals surface area (Å²) in [5, 5.41) is 0. The Hall–Kier alpha value is -1.04. The Kier molecular flexibility index (Phi) is 18.3. The van der Waals surface area contributed by atoms with E-state index in [2.05, 4.69) is 19.2 Å². The zero-order valence-electron chi connectivity index (χ0n) is 7.59. The second kappa shape index (κ2) is 16.0. The van der Waals surface area contributed by atoms with E-state index < -0.39 is 0 Å². The van der Waals surface area contributed by atoms with Gasteiger partial charge in [0.25, 0.3) is 0 Å². The maximum absolute atomic E-state index is 3.55. The summed E-state index contributed by atoms with van der Waals surface area (Å²) in [6, 6.07) is 0. The van der Waals surface area contributed by atoms with Crippen LogP contribution in [0.5, 0.6) is 0 Å². The third-order valence-electron chi connectivity index (χ3n) is 0.867. The molecular formula is C11H18. The minimum atomic E-state index is 0.997. The molecule has 0 rings (SSSR count). The Balaban J connectivity index is 0. The van der Waals surface area contributed by atoms with Gasteiger partial charge in [-0.2, -0.15) is 0 Å². The van der Waals surface area contributed by atoms with Crippen LogP contribution in [0.2, 0.25) is 0 Å². The molecule has 0 N–H and O–H groups in total. The van der Waals surface area contributed by atoms with Crippen molar-refractivity contribution < 1.29 is 0 Å². The molecular weight excluding hydrogens is 132 g/mol. The van der Waals surface area contributed by atoms with Crippen LogP contribution in [0.4, 0.5) is 0 Å². The summed E-state index contributed by atoms with van der Waals surface area (Å²) < 4.78 is 0. The second-order valence-corrected chi connectivity index (χ2v) is 1.85. The summed E-state index contributed by atoms with van der Waals surface area (Å²) >= 11 is 0. The lowest BCUT2D eigenvalue weighted by molar-refractivity contribution is 1.39. The van der Waals surface area contributed by atoms with E-state index in [0.717, 1.165) is 6.42 Å². The van der Waals surface area contributed by atoms with Crippen LogP contribution >= 0.6 is 0 Å². The summed E-state index contributed by atoms with van der Waals surface area (Å²) in [4.78, 5) is 0. The van der Waals surface area contributed by atoms with Gasteiger partial charge in [-0.25, -0.2) is 0 Å². The van der Waals surface area contributed by atoms with Crippen LogP contribution in [-0.4, -0.2) is 0 Å². The van der Waals surface area contributed by atoms with Crippen molar-refractivity contribution in [1.82, 2.24) is 0 Å². The van der Waals surface area contributed by atoms with Gasteiger partial charge in [-0.1, -0.05) is 43.0 Å². The molecule has 0 heteroatoms. The van der Waals surface area contributed by atoms with Gasteiger partial charge in [0.2, 0.25) is 0 Å². The maximum Gasteiger partial charge on any atom is -0.0172 e. The normalized spacial score (nSPS) is 9.27. The first-order chi connectivity index (χ1) is 5.33. The predicted octanol–water partition coefficient (Wildman–Crippen LogP) is 3.89. The molecule has 0 fully saturated rings. The Morgan fingerprint density at radius 3 is 1.82 bits per heavy atom. The van der Waals surface area contributed by atoms with E-state index in [4.69, 9.17) is 0 Å². The zero-order chi connectivity index (χ0) is 8.95. The van der Waals surface area contributed by atoms with Gasteiger partial charge in [-0.15, -0.1) is 6.58 Å². The quantitative estimate of drug-likeness (QED) is 0.423. The van der Waals surface area contributed by atoms with Crippen molar-refractivity contribution in [2.45, 2.75) is 20.3 Å². The molecule has 0 bridgehead atoms. The van der Waals surface area contributed by atoms with Crippen molar-refractivity contribution in [3.8, 4) is 0 Å². The van der Waals surface area contributed by atoms with Crippen molar-refractivity contribution in [3.63, 3.8) is 0 Å². The Bertz CT molecular complexity index is 127. The van der Waals surface area contributed by atoms with Crippen molar-refractivity contribution in [2.75, 3.05) is 0 Å². The standard InChI is InChI=1S/C6H10.C5H8/c1-3-5-6-4-2;1-3-5-4-2/h3-4,6H,1,5H2,2H3;3-5H,1H2,2H3/b6-4+;5-4+. The molecule has 0 nitrogen and oxygen atoms in total. The highest BCUT2D eigenvalue weighted by molar-refractivity contribution is 4.94. The fourth-order valence-corrected chi connectivity index (χ4v) is 0.368.